The molecule has 1 aliphatic heterocycles. The van der Waals surface area contributed by atoms with Crippen molar-refractivity contribution in [1.82, 2.24) is 0 Å². The molecular weight excluding hydrogens is 278 g/mol. The van der Waals surface area contributed by atoms with E-state index in [4.69, 9.17) is 16.2 Å². The highest BCUT2D eigenvalue weighted by molar-refractivity contribution is 7.19. The number of Topliss-reactive ketones (excluding diaryl/α,β-unsaturated/α-hetero) is 1. The van der Waals surface area contributed by atoms with Crippen LogP contribution < -0.4 is 16.4 Å². The molecule has 6 nitrogen and oxygen atoms in total. The topological polar surface area (TPSA) is 98.6 Å². The van der Waals surface area contributed by atoms with Crippen molar-refractivity contribution in [1.29, 1.82) is 0 Å². The summed E-state index contributed by atoms with van der Waals surface area (Å²) in [4.78, 5) is 25.7. The molecule has 2 rings (SSSR count). The van der Waals surface area contributed by atoms with E-state index in [1.807, 2.05) is 18.7 Å². The number of hydrogen-bond acceptors (Lipinski definition) is 6. The Hall–Kier alpha value is -1.60. The number of primary amides is 1. The van der Waals surface area contributed by atoms with Crippen LogP contribution in [0.25, 0.3) is 0 Å². The zero-order valence-electron chi connectivity index (χ0n) is 11.9. The number of carbonyl (C=O) groups is 2. The first-order chi connectivity index (χ1) is 9.23. The number of nitrogen functional groups attached to an aromatic ring is 1. The molecule has 0 aromatic carbocycles. The summed E-state index contributed by atoms with van der Waals surface area (Å²) in [5, 5.41) is 0.663. The fraction of sp³-hybridized carbons (Fsp3) is 0.538. The van der Waals surface area contributed by atoms with Crippen LogP contribution in [0, 0.1) is 0 Å². The molecule has 2 heterocycles. The van der Waals surface area contributed by atoms with Crippen molar-refractivity contribution in [3.63, 3.8) is 0 Å². The first kappa shape index (κ1) is 14.8. The van der Waals surface area contributed by atoms with E-state index in [0.29, 0.717) is 29.6 Å². The Balaban J connectivity index is 2.48. The van der Waals surface area contributed by atoms with Crippen LogP contribution >= 0.6 is 11.3 Å². The fourth-order valence-electron chi connectivity index (χ4n) is 2.34. The highest BCUT2D eigenvalue weighted by atomic mass is 32.1. The molecule has 1 fully saturated rings. The number of morpholine rings is 1. The second kappa shape index (κ2) is 5.06. The summed E-state index contributed by atoms with van der Waals surface area (Å²) >= 11 is 1.22. The molecule has 1 saturated heterocycles. The van der Waals surface area contributed by atoms with Gasteiger partial charge < -0.3 is 21.1 Å². The number of carbonyl (C=O) groups excluding carboxylic acids is 2. The number of thiophene rings is 1. The third-order valence-corrected chi connectivity index (χ3v) is 4.57. The van der Waals surface area contributed by atoms with Crippen molar-refractivity contribution in [2.45, 2.75) is 26.4 Å². The van der Waals surface area contributed by atoms with Gasteiger partial charge in [-0.05, 0) is 13.8 Å². The van der Waals surface area contributed by atoms with Crippen LogP contribution in [0.5, 0.6) is 0 Å². The summed E-state index contributed by atoms with van der Waals surface area (Å²) in [7, 11) is 0. The Morgan fingerprint density at radius 3 is 2.55 bits per heavy atom. The molecule has 1 amide bonds. The van der Waals surface area contributed by atoms with Crippen LogP contribution in [-0.4, -0.2) is 37.0 Å². The maximum Gasteiger partial charge on any atom is 0.253 e. The molecule has 0 atom stereocenters. The number of rotatable bonds is 3. The van der Waals surface area contributed by atoms with Gasteiger partial charge in [0.15, 0.2) is 5.78 Å². The van der Waals surface area contributed by atoms with Gasteiger partial charge in [0, 0.05) is 20.0 Å². The third kappa shape index (κ3) is 2.64. The van der Waals surface area contributed by atoms with Gasteiger partial charge in [-0.25, -0.2) is 0 Å². The second-order valence-corrected chi connectivity index (χ2v) is 6.47. The van der Waals surface area contributed by atoms with Gasteiger partial charge in [-0.15, -0.1) is 11.3 Å². The Kier molecular flexibility index (Phi) is 3.75. The normalized spacial score (nSPS) is 18.1. The van der Waals surface area contributed by atoms with Crippen molar-refractivity contribution < 1.29 is 14.3 Å². The number of amides is 1. The lowest BCUT2D eigenvalue weighted by Crippen LogP contribution is -2.48. The molecule has 0 spiro atoms. The van der Waals surface area contributed by atoms with Gasteiger partial charge in [0.2, 0.25) is 0 Å². The highest BCUT2D eigenvalue weighted by Gasteiger charge is 2.32. The minimum absolute atomic E-state index is 0.159. The summed E-state index contributed by atoms with van der Waals surface area (Å²) in [6.07, 6.45) is 0. The number of ketones is 1. The molecule has 4 N–H and O–H groups in total. The van der Waals surface area contributed by atoms with E-state index in [1.54, 1.807) is 0 Å². The average Bonchev–Trinajstić information content (AvgIpc) is 2.65. The van der Waals surface area contributed by atoms with Crippen LogP contribution in [0.3, 0.4) is 0 Å². The van der Waals surface area contributed by atoms with E-state index in [2.05, 4.69) is 0 Å². The summed E-state index contributed by atoms with van der Waals surface area (Å²) < 4.78 is 5.65. The van der Waals surface area contributed by atoms with E-state index in [-0.39, 0.29) is 22.6 Å². The van der Waals surface area contributed by atoms with Gasteiger partial charge in [0.25, 0.3) is 5.91 Å². The molecule has 0 radical (unpaired) electrons. The van der Waals surface area contributed by atoms with Crippen LogP contribution in [0.1, 0.15) is 40.8 Å². The van der Waals surface area contributed by atoms with E-state index in [1.165, 1.54) is 18.3 Å². The Morgan fingerprint density at radius 1 is 1.40 bits per heavy atom. The zero-order chi connectivity index (χ0) is 15.1. The van der Waals surface area contributed by atoms with Crippen molar-refractivity contribution in [3.8, 4) is 0 Å². The van der Waals surface area contributed by atoms with E-state index >= 15 is 0 Å². The van der Waals surface area contributed by atoms with Crippen LogP contribution in [-0.2, 0) is 4.74 Å². The van der Waals surface area contributed by atoms with Gasteiger partial charge in [-0.1, -0.05) is 0 Å². The van der Waals surface area contributed by atoms with Crippen molar-refractivity contribution in [3.05, 3.63) is 10.4 Å². The maximum atomic E-state index is 11.7. The van der Waals surface area contributed by atoms with Gasteiger partial charge in [-0.3, -0.25) is 9.59 Å². The predicted octanol–water partition coefficient (Wildman–Crippen LogP) is 1.25. The summed E-state index contributed by atoms with van der Waals surface area (Å²) in [6, 6.07) is 0. The molecule has 0 aliphatic carbocycles. The molecule has 1 aromatic heterocycles. The molecule has 1 aromatic rings. The van der Waals surface area contributed by atoms with Gasteiger partial charge in [0.05, 0.1) is 28.3 Å². The Morgan fingerprint density at radius 2 is 2.05 bits per heavy atom. The summed E-state index contributed by atoms with van der Waals surface area (Å²) in [5.41, 5.74) is 11.5. The minimum atomic E-state index is -0.606. The molecule has 7 heteroatoms. The van der Waals surface area contributed by atoms with E-state index in [0.717, 1.165) is 0 Å². The largest absolute Gasteiger partial charge is 0.397 e. The predicted molar refractivity (Wildman–Crippen MR) is 79.5 cm³/mol. The van der Waals surface area contributed by atoms with Gasteiger partial charge in [-0.2, -0.15) is 0 Å². The second-order valence-electron chi connectivity index (χ2n) is 5.48. The molecule has 0 bridgehead atoms. The average molecular weight is 297 g/mol. The van der Waals surface area contributed by atoms with E-state index < -0.39 is 5.91 Å². The lowest BCUT2D eigenvalue weighted by Gasteiger charge is -2.39. The first-order valence-corrected chi connectivity index (χ1v) is 7.16. The molecular formula is C13H19N3O3S. The van der Waals surface area contributed by atoms with Crippen LogP contribution in [0.2, 0.25) is 0 Å². The maximum absolute atomic E-state index is 11.7. The lowest BCUT2D eigenvalue weighted by molar-refractivity contribution is -0.0275. The number of nitrogens with zero attached hydrogens (tertiary/aromatic N) is 1. The lowest BCUT2D eigenvalue weighted by atomic mass is 10.1. The molecule has 1 aliphatic rings. The minimum Gasteiger partial charge on any atom is -0.397 e. The molecule has 0 saturated carbocycles. The highest BCUT2D eigenvalue weighted by Crippen LogP contribution is 2.39. The Labute approximate surface area is 121 Å². The van der Waals surface area contributed by atoms with Crippen molar-refractivity contribution >= 4 is 33.7 Å². The smallest absolute Gasteiger partial charge is 0.253 e. The first-order valence-electron chi connectivity index (χ1n) is 6.35. The van der Waals surface area contributed by atoms with Crippen molar-refractivity contribution in [2.75, 3.05) is 30.3 Å². The number of ether oxygens (including phenoxy) is 1. The van der Waals surface area contributed by atoms with Gasteiger partial charge in [0.1, 0.15) is 5.00 Å². The van der Waals surface area contributed by atoms with Crippen molar-refractivity contribution in [2.24, 2.45) is 5.73 Å². The standard InChI is InChI=1S/C13H19N3O3S/c1-7(17)10-9(14)8(11(15)18)12(20-10)16-4-5-19-13(2,3)6-16/h4-6,14H2,1-3H3,(H2,15,18). The summed E-state index contributed by atoms with van der Waals surface area (Å²) in [6.45, 7) is 7.20. The zero-order valence-corrected chi connectivity index (χ0v) is 12.7. The Bertz CT molecular complexity index is 565. The van der Waals surface area contributed by atoms with Crippen LogP contribution in [0.15, 0.2) is 0 Å². The molecule has 0 unspecified atom stereocenters. The third-order valence-electron chi connectivity index (χ3n) is 3.21. The SMILES string of the molecule is CC(=O)c1sc(N2CCOC(C)(C)C2)c(C(N)=O)c1N. The number of hydrogen-bond donors (Lipinski definition) is 2. The summed E-state index contributed by atoms with van der Waals surface area (Å²) in [5.74, 6) is -0.765. The quantitative estimate of drug-likeness (QED) is 0.818. The van der Waals surface area contributed by atoms with Crippen LogP contribution in [0.4, 0.5) is 10.7 Å². The number of nitrogens with two attached hydrogens (primary N) is 2. The monoisotopic (exact) mass is 297 g/mol. The molecule has 20 heavy (non-hydrogen) atoms. The van der Waals surface area contributed by atoms with Gasteiger partial charge >= 0.3 is 0 Å². The molecule has 110 valence electrons. The number of anilines is 2. The fourth-order valence-corrected chi connectivity index (χ4v) is 3.49. The van der Waals surface area contributed by atoms with E-state index in [9.17, 15) is 9.59 Å².